The van der Waals surface area contributed by atoms with Crippen molar-refractivity contribution in [2.45, 2.75) is 6.92 Å². The van der Waals surface area contributed by atoms with Gasteiger partial charge < -0.3 is 0 Å². The van der Waals surface area contributed by atoms with Gasteiger partial charge in [0.05, 0.1) is 6.07 Å². The third-order valence-electron chi connectivity index (χ3n) is 1.65. The molecule has 0 spiro atoms. The Hall–Kier alpha value is -1.88. The Balaban J connectivity index is 2.85. The molecule has 0 aliphatic carbocycles. The standard InChI is InChI=1S/C11H9NO/c1-9-4-6-10(7-5-9)11(13)3-2-8-12/h2-7H,1H3/b3-2+. The second-order valence-corrected chi connectivity index (χ2v) is 2.69. The van der Waals surface area contributed by atoms with Gasteiger partial charge in [0.25, 0.3) is 0 Å². The molecule has 0 atom stereocenters. The van der Waals surface area contributed by atoms with E-state index in [0.29, 0.717) is 5.56 Å². The van der Waals surface area contributed by atoms with Gasteiger partial charge in [-0.25, -0.2) is 0 Å². The van der Waals surface area contributed by atoms with Crippen molar-refractivity contribution in [2.24, 2.45) is 0 Å². The third-order valence-corrected chi connectivity index (χ3v) is 1.65. The minimum absolute atomic E-state index is 0.137. The average molecular weight is 171 g/mol. The molecule has 1 aromatic carbocycles. The van der Waals surface area contributed by atoms with Crippen LogP contribution in [0.2, 0.25) is 0 Å². The molecule has 0 unspecified atom stereocenters. The van der Waals surface area contributed by atoms with Gasteiger partial charge in [0.1, 0.15) is 0 Å². The number of hydrogen-bond donors (Lipinski definition) is 0. The van der Waals surface area contributed by atoms with E-state index in [4.69, 9.17) is 5.26 Å². The summed E-state index contributed by atoms with van der Waals surface area (Å²) in [4.78, 5) is 11.3. The van der Waals surface area contributed by atoms with Crippen molar-refractivity contribution in [1.82, 2.24) is 0 Å². The summed E-state index contributed by atoms with van der Waals surface area (Å²) in [5.74, 6) is -0.137. The minimum Gasteiger partial charge on any atom is -0.289 e. The van der Waals surface area contributed by atoms with Gasteiger partial charge >= 0.3 is 0 Å². The number of hydrogen-bond acceptors (Lipinski definition) is 2. The zero-order valence-corrected chi connectivity index (χ0v) is 7.32. The van der Waals surface area contributed by atoms with Crippen LogP contribution in [-0.4, -0.2) is 5.78 Å². The maximum Gasteiger partial charge on any atom is 0.186 e. The first-order valence-electron chi connectivity index (χ1n) is 3.91. The lowest BCUT2D eigenvalue weighted by molar-refractivity contribution is 0.104. The van der Waals surface area contributed by atoms with Crippen LogP contribution in [0.1, 0.15) is 15.9 Å². The van der Waals surface area contributed by atoms with Crippen molar-refractivity contribution in [2.75, 3.05) is 0 Å². The lowest BCUT2D eigenvalue weighted by Crippen LogP contribution is -1.93. The molecule has 2 nitrogen and oxygen atoms in total. The molecule has 13 heavy (non-hydrogen) atoms. The molecule has 0 radical (unpaired) electrons. The highest BCUT2D eigenvalue weighted by atomic mass is 16.1. The van der Waals surface area contributed by atoms with Gasteiger partial charge in [-0.05, 0) is 13.0 Å². The summed E-state index contributed by atoms with van der Waals surface area (Å²) in [7, 11) is 0. The highest BCUT2D eigenvalue weighted by molar-refractivity contribution is 6.04. The van der Waals surface area contributed by atoms with E-state index in [1.54, 1.807) is 18.2 Å². The molecule has 0 saturated carbocycles. The third kappa shape index (κ3) is 2.57. The van der Waals surface area contributed by atoms with Gasteiger partial charge in [-0.2, -0.15) is 5.26 Å². The molecule has 0 fully saturated rings. The molecule has 0 bridgehead atoms. The van der Waals surface area contributed by atoms with Crippen molar-refractivity contribution in [3.63, 3.8) is 0 Å². The number of nitrogens with zero attached hydrogens (tertiary/aromatic N) is 1. The normalized spacial score (nSPS) is 9.85. The van der Waals surface area contributed by atoms with Crippen molar-refractivity contribution in [3.8, 4) is 6.07 Å². The molecule has 0 amide bonds. The van der Waals surface area contributed by atoms with Gasteiger partial charge in [0, 0.05) is 11.6 Å². The van der Waals surface area contributed by atoms with Gasteiger partial charge in [-0.1, -0.05) is 29.8 Å². The monoisotopic (exact) mass is 171 g/mol. The fourth-order valence-electron chi connectivity index (χ4n) is 0.927. The number of benzene rings is 1. The number of ketones is 1. The van der Waals surface area contributed by atoms with E-state index in [0.717, 1.165) is 5.56 Å². The van der Waals surface area contributed by atoms with E-state index in [2.05, 4.69) is 0 Å². The molecule has 0 aromatic heterocycles. The highest BCUT2D eigenvalue weighted by Crippen LogP contribution is 2.04. The van der Waals surface area contributed by atoms with E-state index >= 15 is 0 Å². The zero-order chi connectivity index (χ0) is 9.68. The van der Waals surface area contributed by atoms with E-state index in [1.165, 1.54) is 12.2 Å². The molecular weight excluding hydrogens is 162 g/mol. The number of rotatable bonds is 2. The Labute approximate surface area is 77.1 Å². The van der Waals surface area contributed by atoms with Crippen LogP contribution in [-0.2, 0) is 0 Å². The topological polar surface area (TPSA) is 40.9 Å². The molecule has 0 saturated heterocycles. The number of carbonyl (C=O) groups is 1. The molecule has 0 aliphatic heterocycles. The van der Waals surface area contributed by atoms with Crippen LogP contribution in [0.5, 0.6) is 0 Å². The lowest BCUT2D eigenvalue weighted by Gasteiger charge is -1.95. The van der Waals surface area contributed by atoms with Crippen LogP contribution in [0.3, 0.4) is 0 Å². The zero-order valence-electron chi connectivity index (χ0n) is 7.32. The van der Waals surface area contributed by atoms with Crippen molar-refractivity contribution >= 4 is 5.78 Å². The minimum atomic E-state index is -0.137. The van der Waals surface area contributed by atoms with Crippen molar-refractivity contribution in [1.29, 1.82) is 5.26 Å². The van der Waals surface area contributed by atoms with Crippen LogP contribution in [0.25, 0.3) is 0 Å². The quantitative estimate of drug-likeness (QED) is 0.389. The van der Waals surface area contributed by atoms with Crippen LogP contribution < -0.4 is 0 Å². The summed E-state index contributed by atoms with van der Waals surface area (Å²) in [5.41, 5.74) is 1.72. The van der Waals surface area contributed by atoms with Crippen LogP contribution in [0, 0.1) is 18.3 Å². The fourth-order valence-corrected chi connectivity index (χ4v) is 0.927. The van der Waals surface area contributed by atoms with Gasteiger partial charge in [0.2, 0.25) is 0 Å². The number of allylic oxidation sites excluding steroid dienone is 2. The van der Waals surface area contributed by atoms with Crippen LogP contribution >= 0.6 is 0 Å². The maximum atomic E-state index is 11.3. The first-order chi connectivity index (χ1) is 6.24. The Bertz CT molecular complexity index is 368. The summed E-state index contributed by atoms with van der Waals surface area (Å²) in [5, 5.41) is 8.22. The molecule has 2 heteroatoms. The Morgan fingerprint density at radius 2 is 2.00 bits per heavy atom. The predicted octanol–water partition coefficient (Wildman–Crippen LogP) is 2.26. The first-order valence-corrected chi connectivity index (χ1v) is 3.91. The van der Waals surface area contributed by atoms with Crippen molar-refractivity contribution in [3.05, 3.63) is 47.5 Å². The largest absolute Gasteiger partial charge is 0.289 e. The van der Waals surface area contributed by atoms with E-state index in [9.17, 15) is 4.79 Å². The SMILES string of the molecule is Cc1ccc(C(=O)/C=C/C#N)cc1. The molecular formula is C11H9NO. The molecule has 1 aromatic rings. The molecule has 0 aliphatic rings. The summed E-state index contributed by atoms with van der Waals surface area (Å²) in [6, 6.07) is 9.01. The van der Waals surface area contributed by atoms with Crippen LogP contribution in [0.4, 0.5) is 0 Å². The summed E-state index contributed by atoms with van der Waals surface area (Å²) < 4.78 is 0. The van der Waals surface area contributed by atoms with Gasteiger partial charge in [-0.3, -0.25) is 4.79 Å². The molecule has 64 valence electrons. The van der Waals surface area contributed by atoms with E-state index < -0.39 is 0 Å². The second-order valence-electron chi connectivity index (χ2n) is 2.69. The first kappa shape index (κ1) is 9.21. The van der Waals surface area contributed by atoms with Crippen molar-refractivity contribution < 1.29 is 4.79 Å². The molecule has 1 rings (SSSR count). The summed E-state index contributed by atoms with van der Waals surface area (Å²) >= 11 is 0. The number of carbonyl (C=O) groups excluding carboxylic acids is 1. The summed E-state index contributed by atoms with van der Waals surface area (Å²) in [6.45, 7) is 1.96. The highest BCUT2D eigenvalue weighted by Gasteiger charge is 1.99. The van der Waals surface area contributed by atoms with E-state index in [1.807, 2.05) is 19.1 Å². The number of nitriles is 1. The Kier molecular flexibility index (Phi) is 2.99. The number of aryl methyl sites for hydroxylation is 1. The Morgan fingerprint density at radius 3 is 2.54 bits per heavy atom. The lowest BCUT2D eigenvalue weighted by atomic mass is 10.1. The maximum absolute atomic E-state index is 11.3. The van der Waals surface area contributed by atoms with E-state index in [-0.39, 0.29) is 5.78 Å². The van der Waals surface area contributed by atoms with Gasteiger partial charge in [0.15, 0.2) is 5.78 Å². The predicted molar refractivity (Wildman–Crippen MR) is 50.3 cm³/mol. The smallest absolute Gasteiger partial charge is 0.186 e. The second kappa shape index (κ2) is 4.22. The molecule has 0 N–H and O–H groups in total. The average Bonchev–Trinajstić information content (AvgIpc) is 2.15. The van der Waals surface area contributed by atoms with Crippen LogP contribution in [0.15, 0.2) is 36.4 Å². The fraction of sp³-hybridized carbons (Fsp3) is 0.0909. The Morgan fingerprint density at radius 1 is 1.38 bits per heavy atom. The molecule has 0 heterocycles. The van der Waals surface area contributed by atoms with Gasteiger partial charge in [-0.15, -0.1) is 0 Å². The summed E-state index contributed by atoms with van der Waals surface area (Å²) in [6.07, 6.45) is 2.45.